The fraction of sp³-hybridized carbons (Fsp3) is 0.944. The minimum absolute atomic E-state index is 0.172. The summed E-state index contributed by atoms with van der Waals surface area (Å²) in [5, 5.41) is 12.0. The fourth-order valence-corrected chi connectivity index (χ4v) is 2.63. The van der Waals surface area contributed by atoms with E-state index in [1.54, 1.807) is 20.8 Å². The summed E-state index contributed by atoms with van der Waals surface area (Å²) >= 11 is 0. The van der Waals surface area contributed by atoms with Gasteiger partial charge in [-0.15, -0.1) is 0 Å². The summed E-state index contributed by atoms with van der Waals surface area (Å²) in [6.07, 6.45) is 6.21. The summed E-state index contributed by atoms with van der Waals surface area (Å²) < 4.78 is 16.9. The van der Waals surface area contributed by atoms with Gasteiger partial charge in [0, 0.05) is 6.61 Å². The van der Waals surface area contributed by atoms with Crippen molar-refractivity contribution in [2.45, 2.75) is 90.1 Å². The normalized spacial score (nSPS) is 22.9. The summed E-state index contributed by atoms with van der Waals surface area (Å²) in [5.41, 5.74) is -0.554. The van der Waals surface area contributed by atoms with Gasteiger partial charge in [0.15, 0.2) is 0 Å². The summed E-state index contributed by atoms with van der Waals surface area (Å²) in [6.45, 7) is 8.54. The SMILES string of the molecule is CCCCO[C@H]1CC[C@H](OC[C@H](CO)NC(=O)OC(C)(C)C)CC1. The molecule has 1 rings (SSSR count). The van der Waals surface area contributed by atoms with E-state index in [-0.39, 0.29) is 12.7 Å². The van der Waals surface area contributed by atoms with Crippen LogP contribution in [-0.2, 0) is 14.2 Å². The fourth-order valence-electron chi connectivity index (χ4n) is 2.63. The Hall–Kier alpha value is -0.850. The van der Waals surface area contributed by atoms with Crippen LogP contribution in [0.25, 0.3) is 0 Å². The van der Waals surface area contributed by atoms with Gasteiger partial charge < -0.3 is 24.6 Å². The molecule has 0 aromatic heterocycles. The van der Waals surface area contributed by atoms with Gasteiger partial charge in [-0.1, -0.05) is 13.3 Å². The van der Waals surface area contributed by atoms with Crippen LogP contribution in [0.15, 0.2) is 0 Å². The average molecular weight is 345 g/mol. The van der Waals surface area contributed by atoms with Gasteiger partial charge in [0.25, 0.3) is 0 Å². The molecule has 0 aromatic rings. The molecule has 142 valence electrons. The number of hydrogen-bond donors (Lipinski definition) is 2. The molecule has 1 fully saturated rings. The van der Waals surface area contributed by atoms with E-state index in [0.717, 1.165) is 45.1 Å². The highest BCUT2D eigenvalue weighted by Gasteiger charge is 2.24. The third kappa shape index (κ3) is 9.45. The molecule has 0 aliphatic heterocycles. The highest BCUT2D eigenvalue weighted by Crippen LogP contribution is 2.23. The number of carbonyl (C=O) groups excluding carboxylic acids is 1. The predicted molar refractivity (Wildman–Crippen MR) is 93.1 cm³/mol. The first-order valence-electron chi connectivity index (χ1n) is 9.17. The summed E-state index contributed by atoms with van der Waals surface area (Å²) in [5.74, 6) is 0. The van der Waals surface area contributed by atoms with Gasteiger partial charge in [-0.05, 0) is 52.9 Å². The Kier molecular flexibility index (Phi) is 9.63. The zero-order valence-electron chi connectivity index (χ0n) is 15.7. The van der Waals surface area contributed by atoms with Crippen molar-refractivity contribution in [2.24, 2.45) is 0 Å². The smallest absolute Gasteiger partial charge is 0.408 e. The number of hydrogen-bond acceptors (Lipinski definition) is 5. The maximum absolute atomic E-state index is 11.7. The number of unbranched alkanes of at least 4 members (excludes halogenated alkanes) is 1. The maximum Gasteiger partial charge on any atom is 0.408 e. The second-order valence-corrected chi connectivity index (χ2v) is 7.48. The number of carbonyl (C=O) groups is 1. The summed E-state index contributed by atoms with van der Waals surface area (Å²) in [4.78, 5) is 11.7. The Morgan fingerprint density at radius 3 is 2.25 bits per heavy atom. The van der Waals surface area contributed by atoms with Crippen LogP contribution in [0.1, 0.15) is 66.2 Å². The Morgan fingerprint density at radius 1 is 1.17 bits per heavy atom. The Morgan fingerprint density at radius 2 is 1.75 bits per heavy atom. The van der Waals surface area contributed by atoms with Crippen molar-refractivity contribution < 1.29 is 24.1 Å². The van der Waals surface area contributed by atoms with Crippen molar-refractivity contribution >= 4 is 6.09 Å². The first-order chi connectivity index (χ1) is 11.3. The van der Waals surface area contributed by atoms with Crippen LogP contribution in [0, 0.1) is 0 Å². The Bertz CT molecular complexity index is 348. The number of amides is 1. The third-order valence-corrected chi connectivity index (χ3v) is 3.95. The lowest BCUT2D eigenvalue weighted by molar-refractivity contribution is -0.0402. The molecule has 0 spiro atoms. The van der Waals surface area contributed by atoms with Gasteiger partial charge in [-0.3, -0.25) is 0 Å². The molecule has 0 aromatic carbocycles. The summed E-state index contributed by atoms with van der Waals surface area (Å²) in [7, 11) is 0. The number of ether oxygens (including phenoxy) is 3. The topological polar surface area (TPSA) is 77.0 Å². The largest absolute Gasteiger partial charge is 0.444 e. The second kappa shape index (κ2) is 10.9. The van der Waals surface area contributed by atoms with Gasteiger partial charge >= 0.3 is 6.09 Å². The molecular weight excluding hydrogens is 310 g/mol. The summed E-state index contributed by atoms with van der Waals surface area (Å²) in [6, 6.07) is -0.446. The Labute approximate surface area is 146 Å². The molecule has 6 heteroatoms. The molecule has 1 amide bonds. The third-order valence-electron chi connectivity index (χ3n) is 3.95. The van der Waals surface area contributed by atoms with Gasteiger partial charge in [0.05, 0.1) is 31.5 Å². The van der Waals surface area contributed by atoms with Crippen molar-refractivity contribution in [3.05, 3.63) is 0 Å². The van der Waals surface area contributed by atoms with Crippen LogP contribution in [0.3, 0.4) is 0 Å². The first-order valence-corrected chi connectivity index (χ1v) is 9.17. The highest BCUT2D eigenvalue weighted by molar-refractivity contribution is 5.68. The molecule has 0 unspecified atom stereocenters. The van der Waals surface area contributed by atoms with Crippen molar-refractivity contribution in [3.63, 3.8) is 0 Å². The second-order valence-electron chi connectivity index (χ2n) is 7.48. The average Bonchev–Trinajstić information content (AvgIpc) is 2.51. The number of rotatable bonds is 9. The molecule has 2 N–H and O–H groups in total. The van der Waals surface area contributed by atoms with Gasteiger partial charge in [0.2, 0.25) is 0 Å². The van der Waals surface area contributed by atoms with Crippen LogP contribution in [0.2, 0.25) is 0 Å². The van der Waals surface area contributed by atoms with E-state index in [9.17, 15) is 9.90 Å². The molecule has 0 bridgehead atoms. The first kappa shape index (κ1) is 21.2. The minimum Gasteiger partial charge on any atom is -0.444 e. The molecule has 0 radical (unpaired) electrons. The highest BCUT2D eigenvalue weighted by atomic mass is 16.6. The number of aliphatic hydroxyl groups is 1. The lowest BCUT2D eigenvalue weighted by Gasteiger charge is -2.30. The molecule has 0 saturated heterocycles. The van der Waals surface area contributed by atoms with Crippen LogP contribution < -0.4 is 5.32 Å². The van der Waals surface area contributed by atoms with Crippen LogP contribution in [-0.4, -0.2) is 54.9 Å². The maximum atomic E-state index is 11.7. The van der Waals surface area contributed by atoms with Crippen molar-refractivity contribution in [1.82, 2.24) is 5.32 Å². The van der Waals surface area contributed by atoms with Gasteiger partial charge in [0.1, 0.15) is 5.60 Å². The molecule has 1 aliphatic rings. The van der Waals surface area contributed by atoms with Crippen LogP contribution >= 0.6 is 0 Å². The number of nitrogens with one attached hydrogen (secondary N) is 1. The van der Waals surface area contributed by atoms with Gasteiger partial charge in [-0.25, -0.2) is 4.79 Å². The minimum atomic E-state index is -0.554. The lowest BCUT2D eigenvalue weighted by Crippen LogP contribution is -2.44. The van der Waals surface area contributed by atoms with Crippen LogP contribution in [0.5, 0.6) is 0 Å². The molecule has 1 saturated carbocycles. The standard InChI is InChI=1S/C18H35NO5/c1-5-6-11-22-15-7-9-16(10-8-15)23-13-14(12-20)19-17(21)24-18(2,3)4/h14-16,20H,5-13H2,1-4H3,(H,19,21)/t14-,15-,16-/m0/s1. The van der Waals surface area contributed by atoms with E-state index >= 15 is 0 Å². The molecule has 24 heavy (non-hydrogen) atoms. The quantitative estimate of drug-likeness (QED) is 0.628. The number of alkyl carbamates (subject to hydrolysis) is 1. The molecule has 1 atom stereocenters. The molecule has 1 aliphatic carbocycles. The number of aliphatic hydroxyl groups excluding tert-OH is 1. The van der Waals surface area contributed by atoms with E-state index in [0.29, 0.717) is 12.7 Å². The lowest BCUT2D eigenvalue weighted by atomic mass is 9.95. The molecule has 0 heterocycles. The van der Waals surface area contributed by atoms with E-state index in [1.807, 2.05) is 0 Å². The Balaban J connectivity index is 2.21. The van der Waals surface area contributed by atoms with Crippen molar-refractivity contribution in [3.8, 4) is 0 Å². The van der Waals surface area contributed by atoms with E-state index in [2.05, 4.69) is 12.2 Å². The van der Waals surface area contributed by atoms with E-state index in [1.165, 1.54) is 0 Å². The van der Waals surface area contributed by atoms with Crippen molar-refractivity contribution in [1.29, 1.82) is 0 Å². The van der Waals surface area contributed by atoms with E-state index < -0.39 is 17.7 Å². The van der Waals surface area contributed by atoms with Gasteiger partial charge in [-0.2, -0.15) is 0 Å². The monoisotopic (exact) mass is 345 g/mol. The molecular formula is C18H35NO5. The zero-order valence-corrected chi connectivity index (χ0v) is 15.7. The van der Waals surface area contributed by atoms with E-state index in [4.69, 9.17) is 14.2 Å². The van der Waals surface area contributed by atoms with Crippen LogP contribution in [0.4, 0.5) is 4.79 Å². The van der Waals surface area contributed by atoms with Crippen molar-refractivity contribution in [2.75, 3.05) is 19.8 Å². The predicted octanol–water partition coefficient (Wildman–Crippen LogP) is 3.02. The molecule has 6 nitrogen and oxygen atoms in total. The zero-order chi connectivity index (χ0) is 18.0.